The summed E-state index contributed by atoms with van der Waals surface area (Å²) in [6.45, 7) is 2.29. The second-order valence-corrected chi connectivity index (χ2v) is 11.8. The third-order valence-electron chi connectivity index (χ3n) is 8.93. The van der Waals surface area contributed by atoms with Gasteiger partial charge in [-0.1, -0.05) is 101 Å². The van der Waals surface area contributed by atoms with Gasteiger partial charge in [0, 0.05) is 5.02 Å². The Morgan fingerprint density at radius 1 is 0.686 bits per heavy atom. The Labute approximate surface area is 216 Å². The molecule has 0 amide bonds. The standard InChI is InChI=1S/C32H43ClF2/c1-2-3-4-5-6-23-7-9-24(10-8-23)11-12-25-13-15-26(16-14-25)28-21-30(34)32(31(35)22-28)27-17-19-29(33)20-18-27/h17-26H,2-16H2,1H3. The zero-order valence-electron chi connectivity index (χ0n) is 21.5. The number of unbranched alkanes of at least 4 members (excludes halogenated alkanes) is 3. The minimum atomic E-state index is -0.467. The molecule has 2 aliphatic carbocycles. The van der Waals surface area contributed by atoms with Gasteiger partial charge in [0.25, 0.3) is 0 Å². The van der Waals surface area contributed by atoms with Crippen LogP contribution in [0.4, 0.5) is 8.78 Å². The summed E-state index contributed by atoms with van der Waals surface area (Å²) in [5.41, 5.74) is 1.41. The highest BCUT2D eigenvalue weighted by Gasteiger charge is 2.26. The largest absolute Gasteiger partial charge is 0.206 e. The van der Waals surface area contributed by atoms with Gasteiger partial charge in [-0.3, -0.25) is 0 Å². The van der Waals surface area contributed by atoms with E-state index in [0.717, 1.165) is 36.2 Å². The Kier molecular flexibility index (Phi) is 10.1. The van der Waals surface area contributed by atoms with Gasteiger partial charge in [-0.2, -0.15) is 0 Å². The number of benzene rings is 2. The maximum Gasteiger partial charge on any atom is 0.134 e. The van der Waals surface area contributed by atoms with Crippen LogP contribution < -0.4 is 0 Å². The molecule has 4 rings (SSSR count). The average molecular weight is 501 g/mol. The summed E-state index contributed by atoms with van der Waals surface area (Å²) in [6.07, 6.45) is 20.0. The predicted octanol–water partition coefficient (Wildman–Crippen LogP) is 11.1. The summed E-state index contributed by atoms with van der Waals surface area (Å²) >= 11 is 5.93. The maximum absolute atomic E-state index is 14.9. The zero-order valence-corrected chi connectivity index (χ0v) is 22.3. The van der Waals surface area contributed by atoms with Crippen molar-refractivity contribution in [2.75, 3.05) is 0 Å². The summed E-state index contributed by atoms with van der Waals surface area (Å²) in [5.74, 6) is 2.06. The molecule has 2 aliphatic rings. The second-order valence-electron chi connectivity index (χ2n) is 11.4. The van der Waals surface area contributed by atoms with Crippen LogP contribution in [0.3, 0.4) is 0 Å². The van der Waals surface area contributed by atoms with Crippen LogP contribution in [0.25, 0.3) is 11.1 Å². The highest BCUT2D eigenvalue weighted by molar-refractivity contribution is 6.30. The number of hydrogen-bond donors (Lipinski definition) is 0. The number of halogens is 3. The lowest BCUT2D eigenvalue weighted by molar-refractivity contribution is 0.222. The molecule has 2 saturated carbocycles. The lowest BCUT2D eigenvalue weighted by Crippen LogP contribution is -2.18. The van der Waals surface area contributed by atoms with Gasteiger partial charge in [-0.05, 0) is 84.7 Å². The minimum Gasteiger partial charge on any atom is -0.206 e. The molecule has 0 radical (unpaired) electrons. The van der Waals surface area contributed by atoms with E-state index in [-0.39, 0.29) is 11.5 Å². The van der Waals surface area contributed by atoms with Crippen molar-refractivity contribution < 1.29 is 8.78 Å². The molecule has 35 heavy (non-hydrogen) atoms. The quantitative estimate of drug-likeness (QED) is 0.284. The number of hydrogen-bond acceptors (Lipinski definition) is 0. The average Bonchev–Trinajstić information content (AvgIpc) is 2.87. The Morgan fingerprint density at radius 3 is 1.74 bits per heavy atom. The monoisotopic (exact) mass is 500 g/mol. The summed E-state index contributed by atoms with van der Waals surface area (Å²) in [7, 11) is 0. The molecule has 0 aromatic heterocycles. The lowest BCUT2D eigenvalue weighted by Gasteiger charge is -2.32. The van der Waals surface area contributed by atoms with Crippen LogP contribution in [0.2, 0.25) is 5.02 Å². The van der Waals surface area contributed by atoms with Gasteiger partial charge in [0.2, 0.25) is 0 Å². The van der Waals surface area contributed by atoms with Gasteiger partial charge in [-0.25, -0.2) is 8.78 Å². The van der Waals surface area contributed by atoms with Gasteiger partial charge in [-0.15, -0.1) is 0 Å². The molecular weight excluding hydrogens is 458 g/mol. The fourth-order valence-corrected chi connectivity index (χ4v) is 6.77. The Hall–Kier alpha value is -1.41. The zero-order chi connectivity index (χ0) is 24.6. The van der Waals surface area contributed by atoms with Crippen molar-refractivity contribution in [2.24, 2.45) is 17.8 Å². The molecule has 0 spiro atoms. The molecule has 2 fully saturated rings. The van der Waals surface area contributed by atoms with Crippen molar-refractivity contribution in [3.8, 4) is 11.1 Å². The predicted molar refractivity (Wildman–Crippen MR) is 145 cm³/mol. The van der Waals surface area contributed by atoms with E-state index < -0.39 is 11.6 Å². The van der Waals surface area contributed by atoms with E-state index >= 15 is 0 Å². The number of rotatable bonds is 10. The van der Waals surface area contributed by atoms with Crippen LogP contribution in [0, 0.1) is 29.4 Å². The van der Waals surface area contributed by atoms with Crippen LogP contribution >= 0.6 is 11.6 Å². The van der Waals surface area contributed by atoms with Crippen molar-refractivity contribution in [1.82, 2.24) is 0 Å². The van der Waals surface area contributed by atoms with E-state index in [4.69, 9.17) is 11.6 Å². The first-order chi connectivity index (χ1) is 17.0. The summed E-state index contributed by atoms with van der Waals surface area (Å²) in [6, 6.07) is 9.83. The van der Waals surface area contributed by atoms with Gasteiger partial charge < -0.3 is 0 Å². The molecule has 192 valence electrons. The van der Waals surface area contributed by atoms with E-state index in [9.17, 15) is 8.78 Å². The lowest BCUT2D eigenvalue weighted by atomic mass is 9.74. The normalized spacial score (nSPS) is 25.0. The first-order valence-electron chi connectivity index (χ1n) is 14.3. The fraction of sp³-hybridized carbons (Fsp3) is 0.625. The molecule has 2 aromatic carbocycles. The molecule has 0 heterocycles. The van der Waals surface area contributed by atoms with Crippen LogP contribution in [0.15, 0.2) is 36.4 Å². The molecular formula is C32H43ClF2. The minimum absolute atomic E-state index is 0.0507. The van der Waals surface area contributed by atoms with Crippen molar-refractivity contribution in [3.63, 3.8) is 0 Å². The van der Waals surface area contributed by atoms with E-state index in [2.05, 4.69) is 6.92 Å². The third kappa shape index (κ3) is 7.54. The SMILES string of the molecule is CCCCCCC1CCC(CCC2CCC(c3cc(F)c(-c4ccc(Cl)cc4)c(F)c3)CC2)CC1. The maximum atomic E-state index is 14.9. The molecule has 0 saturated heterocycles. The second kappa shape index (κ2) is 13.2. The van der Waals surface area contributed by atoms with Gasteiger partial charge in [0.1, 0.15) is 11.6 Å². The summed E-state index contributed by atoms with van der Waals surface area (Å²) in [5, 5.41) is 0.563. The highest BCUT2D eigenvalue weighted by Crippen LogP contribution is 2.41. The summed E-state index contributed by atoms with van der Waals surface area (Å²) in [4.78, 5) is 0. The molecule has 0 nitrogen and oxygen atoms in total. The Balaban J connectivity index is 1.20. The first-order valence-corrected chi connectivity index (χ1v) is 14.7. The van der Waals surface area contributed by atoms with Crippen molar-refractivity contribution in [1.29, 1.82) is 0 Å². The highest BCUT2D eigenvalue weighted by atomic mass is 35.5. The van der Waals surface area contributed by atoms with E-state index in [1.165, 1.54) is 83.5 Å². The van der Waals surface area contributed by atoms with E-state index in [1.807, 2.05) is 0 Å². The van der Waals surface area contributed by atoms with Crippen molar-refractivity contribution in [3.05, 3.63) is 58.6 Å². The van der Waals surface area contributed by atoms with Crippen LogP contribution in [0.1, 0.15) is 115 Å². The molecule has 0 aliphatic heterocycles. The van der Waals surface area contributed by atoms with Gasteiger partial charge in [0.05, 0.1) is 5.56 Å². The van der Waals surface area contributed by atoms with Gasteiger partial charge in [0.15, 0.2) is 0 Å². The molecule has 0 atom stereocenters. The molecule has 2 aromatic rings. The summed E-state index contributed by atoms with van der Waals surface area (Å²) < 4.78 is 29.8. The van der Waals surface area contributed by atoms with E-state index in [1.54, 1.807) is 36.4 Å². The third-order valence-corrected chi connectivity index (χ3v) is 9.18. The molecule has 3 heteroatoms. The Bertz CT molecular complexity index is 883. The fourth-order valence-electron chi connectivity index (χ4n) is 6.65. The first kappa shape index (κ1) is 26.6. The van der Waals surface area contributed by atoms with Crippen LogP contribution in [0.5, 0.6) is 0 Å². The van der Waals surface area contributed by atoms with Crippen molar-refractivity contribution in [2.45, 2.75) is 109 Å². The molecule has 0 bridgehead atoms. The molecule has 0 unspecified atom stereocenters. The smallest absolute Gasteiger partial charge is 0.134 e. The molecule has 0 N–H and O–H groups in total. The van der Waals surface area contributed by atoms with Gasteiger partial charge >= 0.3 is 0 Å². The van der Waals surface area contributed by atoms with Crippen LogP contribution in [-0.4, -0.2) is 0 Å². The topological polar surface area (TPSA) is 0 Å². The Morgan fingerprint density at radius 2 is 1.20 bits per heavy atom. The van der Waals surface area contributed by atoms with Crippen LogP contribution in [-0.2, 0) is 0 Å². The van der Waals surface area contributed by atoms with Crippen molar-refractivity contribution >= 4 is 11.6 Å². The van der Waals surface area contributed by atoms with E-state index in [0.29, 0.717) is 10.6 Å².